The maximum atomic E-state index is 5.89. The van der Waals surface area contributed by atoms with Crippen LogP contribution in [-0.4, -0.2) is 34.6 Å². The number of nitrogens with zero attached hydrogens (tertiary/aromatic N) is 2. The molecule has 0 radical (unpaired) electrons. The molecule has 21 heavy (non-hydrogen) atoms. The van der Waals surface area contributed by atoms with Gasteiger partial charge in [-0.2, -0.15) is 0 Å². The van der Waals surface area contributed by atoms with Crippen molar-refractivity contribution in [2.75, 3.05) is 19.6 Å². The Kier molecular flexibility index (Phi) is 4.39. The number of para-hydroxylation sites is 2. The molecular formula is C16H21N3OS. The van der Waals surface area contributed by atoms with Crippen LogP contribution >= 0.6 is 12.2 Å². The van der Waals surface area contributed by atoms with Crippen LogP contribution in [0.5, 0.6) is 0 Å². The van der Waals surface area contributed by atoms with Crippen molar-refractivity contribution in [1.82, 2.24) is 15.2 Å². The normalized spacial score (nSPS) is 16.3. The van der Waals surface area contributed by atoms with Gasteiger partial charge < -0.3 is 14.6 Å². The van der Waals surface area contributed by atoms with Crippen LogP contribution in [0, 0.1) is 0 Å². The SMILES string of the molecule is CCCNC(=S)N1CCC(c2nc3ccccc3o2)CC1. The minimum Gasteiger partial charge on any atom is -0.440 e. The quantitative estimate of drug-likeness (QED) is 0.881. The predicted molar refractivity (Wildman–Crippen MR) is 88.4 cm³/mol. The summed E-state index contributed by atoms with van der Waals surface area (Å²) in [6, 6.07) is 7.96. The Morgan fingerprint density at radius 1 is 1.38 bits per heavy atom. The summed E-state index contributed by atoms with van der Waals surface area (Å²) in [6.07, 6.45) is 3.18. The summed E-state index contributed by atoms with van der Waals surface area (Å²) in [5.41, 5.74) is 1.84. The van der Waals surface area contributed by atoms with Crippen LogP contribution in [-0.2, 0) is 0 Å². The maximum absolute atomic E-state index is 5.89. The molecule has 0 saturated carbocycles. The molecule has 1 aromatic heterocycles. The number of fused-ring (bicyclic) bond motifs is 1. The van der Waals surface area contributed by atoms with Crippen LogP contribution in [0.25, 0.3) is 11.1 Å². The lowest BCUT2D eigenvalue weighted by Crippen LogP contribution is -2.44. The zero-order chi connectivity index (χ0) is 14.7. The topological polar surface area (TPSA) is 41.3 Å². The zero-order valence-corrected chi connectivity index (χ0v) is 13.2. The van der Waals surface area contributed by atoms with Gasteiger partial charge in [0.2, 0.25) is 0 Å². The van der Waals surface area contributed by atoms with Gasteiger partial charge in [-0.15, -0.1) is 0 Å². The highest BCUT2D eigenvalue weighted by Gasteiger charge is 2.25. The first-order valence-corrected chi connectivity index (χ1v) is 8.07. The van der Waals surface area contributed by atoms with E-state index in [-0.39, 0.29) is 0 Å². The van der Waals surface area contributed by atoms with E-state index in [9.17, 15) is 0 Å². The molecule has 0 aliphatic carbocycles. The third kappa shape index (κ3) is 3.18. The fourth-order valence-corrected chi connectivity index (χ4v) is 3.02. The van der Waals surface area contributed by atoms with Crippen molar-refractivity contribution in [1.29, 1.82) is 0 Å². The number of benzene rings is 1. The Hall–Kier alpha value is -1.62. The van der Waals surface area contributed by atoms with Crippen LogP contribution in [0.4, 0.5) is 0 Å². The first-order valence-electron chi connectivity index (χ1n) is 7.66. The maximum Gasteiger partial charge on any atom is 0.198 e. The molecule has 2 heterocycles. The molecule has 1 N–H and O–H groups in total. The van der Waals surface area contributed by atoms with Crippen molar-refractivity contribution >= 4 is 28.4 Å². The summed E-state index contributed by atoms with van der Waals surface area (Å²) in [4.78, 5) is 6.88. The van der Waals surface area contributed by atoms with Crippen LogP contribution in [0.1, 0.15) is 38.0 Å². The number of piperidine rings is 1. The monoisotopic (exact) mass is 303 g/mol. The fraction of sp³-hybridized carbons (Fsp3) is 0.500. The Bertz CT molecular complexity index is 584. The third-order valence-corrected chi connectivity index (χ3v) is 4.37. The number of nitrogens with one attached hydrogen (secondary N) is 1. The van der Waals surface area contributed by atoms with E-state index in [2.05, 4.69) is 22.1 Å². The van der Waals surface area contributed by atoms with E-state index < -0.39 is 0 Å². The molecule has 2 aromatic rings. The minimum absolute atomic E-state index is 0.405. The van der Waals surface area contributed by atoms with Crippen LogP contribution in [0.2, 0.25) is 0 Å². The Balaban J connectivity index is 1.61. The molecule has 1 aliphatic heterocycles. The summed E-state index contributed by atoms with van der Waals surface area (Å²) < 4.78 is 5.89. The molecule has 1 aliphatic rings. The van der Waals surface area contributed by atoms with Gasteiger partial charge in [0, 0.05) is 25.6 Å². The van der Waals surface area contributed by atoms with Gasteiger partial charge in [-0.3, -0.25) is 0 Å². The fourth-order valence-electron chi connectivity index (χ4n) is 2.74. The summed E-state index contributed by atoms with van der Waals surface area (Å²) in [5, 5.41) is 4.18. The van der Waals surface area contributed by atoms with E-state index in [1.54, 1.807) is 0 Å². The van der Waals surface area contributed by atoms with Gasteiger partial charge in [-0.05, 0) is 43.6 Å². The van der Waals surface area contributed by atoms with E-state index in [0.717, 1.165) is 61.0 Å². The van der Waals surface area contributed by atoms with E-state index in [0.29, 0.717) is 5.92 Å². The van der Waals surface area contributed by atoms with Gasteiger partial charge in [-0.25, -0.2) is 4.98 Å². The Morgan fingerprint density at radius 2 is 2.14 bits per heavy atom. The number of rotatable bonds is 3. The van der Waals surface area contributed by atoms with Gasteiger partial charge in [-0.1, -0.05) is 19.1 Å². The number of oxazole rings is 1. The molecule has 0 spiro atoms. The highest BCUT2D eigenvalue weighted by Crippen LogP contribution is 2.29. The number of likely N-dealkylation sites (tertiary alicyclic amines) is 1. The van der Waals surface area contributed by atoms with Gasteiger partial charge in [0.25, 0.3) is 0 Å². The molecular weight excluding hydrogens is 282 g/mol. The third-order valence-electron chi connectivity index (χ3n) is 3.97. The minimum atomic E-state index is 0.405. The second-order valence-electron chi connectivity index (χ2n) is 5.51. The summed E-state index contributed by atoms with van der Waals surface area (Å²) >= 11 is 5.42. The largest absolute Gasteiger partial charge is 0.440 e. The molecule has 5 heteroatoms. The number of hydrogen-bond donors (Lipinski definition) is 1. The summed E-state index contributed by atoms with van der Waals surface area (Å²) in [7, 11) is 0. The highest BCUT2D eigenvalue weighted by atomic mass is 32.1. The number of hydrogen-bond acceptors (Lipinski definition) is 3. The second kappa shape index (κ2) is 6.43. The standard InChI is InChI=1S/C16H21N3OS/c1-2-9-17-16(21)19-10-7-12(8-11-19)15-18-13-5-3-4-6-14(13)20-15/h3-6,12H,2,7-11H2,1H3,(H,17,21). The molecule has 1 aromatic carbocycles. The van der Waals surface area contributed by atoms with Gasteiger partial charge in [0.1, 0.15) is 5.52 Å². The lowest BCUT2D eigenvalue weighted by atomic mass is 9.97. The second-order valence-corrected chi connectivity index (χ2v) is 5.90. The molecule has 3 rings (SSSR count). The van der Waals surface area contributed by atoms with Gasteiger partial charge in [0.15, 0.2) is 16.6 Å². The van der Waals surface area contributed by atoms with Crippen molar-refractivity contribution in [3.05, 3.63) is 30.2 Å². The Labute approximate surface area is 130 Å². The van der Waals surface area contributed by atoms with Crippen LogP contribution < -0.4 is 5.32 Å². The van der Waals surface area contributed by atoms with Crippen molar-refractivity contribution in [3.63, 3.8) is 0 Å². The summed E-state index contributed by atoms with van der Waals surface area (Å²) in [6.45, 7) is 5.04. The average molecular weight is 303 g/mol. The van der Waals surface area contributed by atoms with Gasteiger partial charge in [0.05, 0.1) is 0 Å². The molecule has 0 unspecified atom stereocenters. The molecule has 0 atom stereocenters. The number of thiocarbonyl (C=S) groups is 1. The number of aromatic nitrogens is 1. The van der Waals surface area contributed by atoms with E-state index >= 15 is 0 Å². The lowest BCUT2D eigenvalue weighted by Gasteiger charge is -2.32. The molecule has 112 valence electrons. The molecule has 0 bridgehead atoms. The van der Waals surface area contributed by atoms with Crippen molar-refractivity contribution in [2.24, 2.45) is 0 Å². The van der Waals surface area contributed by atoms with Crippen molar-refractivity contribution in [2.45, 2.75) is 32.1 Å². The predicted octanol–water partition coefficient (Wildman–Crippen LogP) is 3.29. The Morgan fingerprint density at radius 3 is 2.86 bits per heavy atom. The van der Waals surface area contributed by atoms with Crippen molar-refractivity contribution in [3.8, 4) is 0 Å². The van der Waals surface area contributed by atoms with E-state index in [1.807, 2.05) is 24.3 Å². The molecule has 0 amide bonds. The summed E-state index contributed by atoms with van der Waals surface area (Å²) in [5.74, 6) is 1.28. The van der Waals surface area contributed by atoms with Crippen LogP contribution in [0.15, 0.2) is 28.7 Å². The smallest absolute Gasteiger partial charge is 0.198 e. The average Bonchev–Trinajstić information content (AvgIpc) is 2.96. The van der Waals surface area contributed by atoms with E-state index in [4.69, 9.17) is 16.6 Å². The van der Waals surface area contributed by atoms with Crippen LogP contribution in [0.3, 0.4) is 0 Å². The molecule has 1 saturated heterocycles. The lowest BCUT2D eigenvalue weighted by molar-refractivity contribution is 0.284. The molecule has 1 fully saturated rings. The van der Waals surface area contributed by atoms with Crippen molar-refractivity contribution < 1.29 is 4.42 Å². The zero-order valence-electron chi connectivity index (χ0n) is 12.3. The van der Waals surface area contributed by atoms with E-state index in [1.165, 1.54) is 0 Å². The highest BCUT2D eigenvalue weighted by molar-refractivity contribution is 7.80. The first kappa shape index (κ1) is 14.3. The first-order chi connectivity index (χ1) is 10.3. The van der Waals surface area contributed by atoms with Gasteiger partial charge >= 0.3 is 0 Å². The molecule has 4 nitrogen and oxygen atoms in total.